The van der Waals surface area contributed by atoms with Crippen molar-refractivity contribution in [2.24, 2.45) is 5.92 Å². The van der Waals surface area contributed by atoms with Crippen LogP contribution in [-0.2, 0) is 16.1 Å². The molecule has 2 aromatic heterocycles. The second-order valence-electron chi connectivity index (χ2n) is 7.21. The lowest BCUT2D eigenvalue weighted by atomic mass is 9.99. The second-order valence-corrected chi connectivity index (χ2v) is 8.07. The number of carbonyl (C=O) groups excluding carboxylic acids is 1. The average molecular weight is 385 g/mol. The van der Waals surface area contributed by atoms with E-state index in [2.05, 4.69) is 37.0 Å². The van der Waals surface area contributed by atoms with Gasteiger partial charge in [-0.25, -0.2) is 4.98 Å². The van der Waals surface area contributed by atoms with Gasteiger partial charge in [-0.1, -0.05) is 37.6 Å². The first-order valence-corrected chi connectivity index (χ1v) is 9.94. The number of ether oxygens (including phenoxy) is 1. The summed E-state index contributed by atoms with van der Waals surface area (Å²) in [7, 11) is 0. The molecule has 5 nitrogen and oxygen atoms in total. The minimum Gasteiger partial charge on any atom is -0.464 e. The molecule has 6 heteroatoms. The van der Waals surface area contributed by atoms with Crippen LogP contribution in [0, 0.1) is 19.8 Å². The lowest BCUT2D eigenvalue weighted by molar-refractivity contribution is -0.144. The molecule has 0 saturated heterocycles. The quantitative estimate of drug-likeness (QED) is 0.594. The fourth-order valence-corrected chi connectivity index (χ4v) is 3.99. The summed E-state index contributed by atoms with van der Waals surface area (Å²) in [4.78, 5) is 29.8. The van der Waals surface area contributed by atoms with Gasteiger partial charge >= 0.3 is 5.97 Å². The van der Waals surface area contributed by atoms with E-state index in [0.717, 1.165) is 21.5 Å². The van der Waals surface area contributed by atoms with Gasteiger partial charge in [0.1, 0.15) is 11.4 Å². The highest BCUT2D eigenvalue weighted by molar-refractivity contribution is 7.17. The maximum absolute atomic E-state index is 13.0. The van der Waals surface area contributed by atoms with E-state index in [1.54, 1.807) is 0 Å². The number of aryl methyl sites for hydroxylation is 2. The van der Waals surface area contributed by atoms with Crippen LogP contribution in [-0.4, -0.2) is 22.1 Å². The van der Waals surface area contributed by atoms with Crippen LogP contribution in [0.2, 0.25) is 0 Å². The summed E-state index contributed by atoms with van der Waals surface area (Å²) in [6.45, 7) is 8.51. The summed E-state index contributed by atoms with van der Waals surface area (Å²) < 4.78 is 6.75. The van der Waals surface area contributed by atoms with Gasteiger partial charge in [0.25, 0.3) is 5.56 Å². The number of carbonyl (C=O) groups is 1. The Hall–Kier alpha value is -2.47. The number of aromatic nitrogens is 2. The van der Waals surface area contributed by atoms with Crippen molar-refractivity contribution >= 4 is 27.5 Å². The van der Waals surface area contributed by atoms with Crippen molar-refractivity contribution in [3.63, 3.8) is 0 Å². The smallest absolute Gasteiger partial charge is 0.306 e. The number of thiophene rings is 1. The average Bonchev–Trinajstić information content (AvgIpc) is 3.01. The predicted octanol–water partition coefficient (Wildman–Crippen LogP) is 4.33. The van der Waals surface area contributed by atoms with Crippen molar-refractivity contribution in [3.05, 3.63) is 51.4 Å². The topological polar surface area (TPSA) is 61.2 Å². The maximum Gasteiger partial charge on any atom is 0.306 e. The Morgan fingerprint density at radius 1 is 1.26 bits per heavy atom. The maximum atomic E-state index is 13.0. The van der Waals surface area contributed by atoms with E-state index in [0.29, 0.717) is 18.4 Å². The fraction of sp³-hybridized carbons (Fsp3) is 0.381. The SMILES string of the molecule is Cc1ccc(-c2csc3ncn(CCOC(=O)CC(C)C)c(=O)c23)c(C)c1. The molecule has 1 aromatic carbocycles. The summed E-state index contributed by atoms with van der Waals surface area (Å²) in [5.74, 6) is 0.0166. The van der Waals surface area contributed by atoms with E-state index in [-0.39, 0.29) is 24.1 Å². The number of nitrogens with zero attached hydrogens (tertiary/aromatic N) is 2. The number of hydrogen-bond donors (Lipinski definition) is 0. The van der Waals surface area contributed by atoms with Gasteiger partial charge in [0.15, 0.2) is 0 Å². The Kier molecular flexibility index (Phi) is 5.75. The van der Waals surface area contributed by atoms with Crippen LogP contribution in [0.4, 0.5) is 0 Å². The molecule has 0 amide bonds. The van der Waals surface area contributed by atoms with Crippen LogP contribution in [0.25, 0.3) is 21.3 Å². The van der Waals surface area contributed by atoms with Gasteiger partial charge < -0.3 is 4.74 Å². The molecule has 0 atom stereocenters. The van der Waals surface area contributed by atoms with Gasteiger partial charge in [-0.05, 0) is 30.9 Å². The molecule has 0 saturated carbocycles. The van der Waals surface area contributed by atoms with Crippen molar-refractivity contribution in [1.82, 2.24) is 9.55 Å². The molecule has 3 aromatic rings. The zero-order chi connectivity index (χ0) is 19.6. The van der Waals surface area contributed by atoms with E-state index in [1.807, 2.05) is 19.2 Å². The molecule has 27 heavy (non-hydrogen) atoms. The largest absolute Gasteiger partial charge is 0.464 e. The highest BCUT2D eigenvalue weighted by atomic mass is 32.1. The van der Waals surface area contributed by atoms with Crippen LogP contribution in [0.15, 0.2) is 34.7 Å². The number of hydrogen-bond acceptors (Lipinski definition) is 5. The van der Waals surface area contributed by atoms with E-state index in [1.165, 1.54) is 27.8 Å². The molecule has 2 heterocycles. The molecule has 142 valence electrons. The van der Waals surface area contributed by atoms with Crippen LogP contribution in [0.1, 0.15) is 31.4 Å². The molecule has 0 unspecified atom stereocenters. The van der Waals surface area contributed by atoms with Gasteiger partial charge in [-0.15, -0.1) is 11.3 Å². The Balaban J connectivity index is 1.88. The summed E-state index contributed by atoms with van der Waals surface area (Å²) in [5.41, 5.74) is 4.18. The third-order valence-corrected chi connectivity index (χ3v) is 5.29. The van der Waals surface area contributed by atoms with Gasteiger partial charge in [0.2, 0.25) is 0 Å². The highest BCUT2D eigenvalue weighted by Crippen LogP contribution is 2.32. The molecular weight excluding hydrogens is 360 g/mol. The summed E-state index contributed by atoms with van der Waals surface area (Å²) in [6.07, 6.45) is 1.91. The summed E-state index contributed by atoms with van der Waals surface area (Å²) in [5, 5.41) is 2.62. The second kappa shape index (κ2) is 8.05. The number of esters is 1. The third kappa shape index (κ3) is 4.27. The van der Waals surface area contributed by atoms with Crippen molar-refractivity contribution in [2.45, 2.75) is 40.7 Å². The lowest BCUT2D eigenvalue weighted by Gasteiger charge is -2.09. The molecule has 0 aliphatic carbocycles. The molecule has 0 bridgehead atoms. The molecule has 0 aliphatic heterocycles. The zero-order valence-corrected chi connectivity index (χ0v) is 16.9. The first kappa shape index (κ1) is 19.3. The van der Waals surface area contributed by atoms with E-state index in [4.69, 9.17) is 4.74 Å². The number of rotatable bonds is 6. The number of fused-ring (bicyclic) bond motifs is 1. The molecule has 0 N–H and O–H groups in total. The van der Waals surface area contributed by atoms with Gasteiger partial charge in [-0.2, -0.15) is 0 Å². The molecule has 0 aliphatic rings. The molecule has 0 fully saturated rings. The molecule has 0 spiro atoms. The predicted molar refractivity (Wildman–Crippen MR) is 109 cm³/mol. The Bertz CT molecular complexity index is 1030. The van der Waals surface area contributed by atoms with Gasteiger partial charge in [0, 0.05) is 17.4 Å². The van der Waals surface area contributed by atoms with Crippen LogP contribution in [0.3, 0.4) is 0 Å². The molecule has 0 radical (unpaired) electrons. The van der Waals surface area contributed by atoms with Crippen molar-refractivity contribution in [2.75, 3.05) is 6.61 Å². The van der Waals surface area contributed by atoms with Crippen molar-refractivity contribution < 1.29 is 9.53 Å². The fourth-order valence-electron chi connectivity index (χ4n) is 3.09. The summed E-state index contributed by atoms with van der Waals surface area (Å²) in [6, 6.07) is 6.22. The van der Waals surface area contributed by atoms with Gasteiger partial charge in [0.05, 0.1) is 18.3 Å². The number of benzene rings is 1. The Morgan fingerprint density at radius 3 is 2.74 bits per heavy atom. The van der Waals surface area contributed by atoms with Gasteiger partial charge in [-0.3, -0.25) is 14.2 Å². The van der Waals surface area contributed by atoms with Crippen LogP contribution < -0.4 is 5.56 Å². The first-order valence-electron chi connectivity index (χ1n) is 9.06. The standard InChI is InChI=1S/C21H24N2O3S/c1-13(2)9-18(24)26-8-7-23-12-22-20-19(21(23)25)17(11-27-20)16-6-5-14(3)10-15(16)4/h5-6,10-13H,7-9H2,1-4H3. The van der Waals surface area contributed by atoms with Crippen LogP contribution in [0.5, 0.6) is 0 Å². The molecule has 3 rings (SSSR count). The van der Waals surface area contributed by atoms with Crippen molar-refractivity contribution in [3.8, 4) is 11.1 Å². The lowest BCUT2D eigenvalue weighted by Crippen LogP contribution is -2.23. The Labute approximate surface area is 162 Å². The van der Waals surface area contributed by atoms with E-state index < -0.39 is 0 Å². The van der Waals surface area contributed by atoms with Crippen LogP contribution >= 0.6 is 11.3 Å². The minimum atomic E-state index is -0.237. The first-order chi connectivity index (χ1) is 12.9. The zero-order valence-electron chi connectivity index (χ0n) is 16.1. The van der Waals surface area contributed by atoms with Crippen molar-refractivity contribution in [1.29, 1.82) is 0 Å². The molecular formula is C21H24N2O3S. The minimum absolute atomic E-state index is 0.101. The van der Waals surface area contributed by atoms with E-state index >= 15 is 0 Å². The Morgan fingerprint density at radius 2 is 2.04 bits per heavy atom. The highest BCUT2D eigenvalue weighted by Gasteiger charge is 2.15. The summed E-state index contributed by atoms with van der Waals surface area (Å²) >= 11 is 1.47. The van der Waals surface area contributed by atoms with E-state index in [9.17, 15) is 9.59 Å². The third-order valence-electron chi connectivity index (χ3n) is 4.40. The monoisotopic (exact) mass is 384 g/mol. The normalized spacial score (nSPS) is 11.3.